The molecule has 0 aromatic carbocycles. The summed E-state index contributed by atoms with van der Waals surface area (Å²) in [7, 11) is 0. The molecule has 0 aliphatic heterocycles. The highest BCUT2D eigenvalue weighted by molar-refractivity contribution is 9.09. The molecule has 0 spiro atoms. The summed E-state index contributed by atoms with van der Waals surface area (Å²) in [5, 5.41) is 10.9. The molecule has 0 unspecified atom stereocenters. The standard InChI is InChI=1S/C15H32BrNO/c1-4-17(14-15(2,3)18)13-11-9-7-5-6-8-10-12-16/h18H,4-14H2,1-3H3. The van der Waals surface area contributed by atoms with Gasteiger partial charge in [0.25, 0.3) is 0 Å². The zero-order chi connectivity index (χ0) is 13.9. The van der Waals surface area contributed by atoms with Crippen LogP contribution >= 0.6 is 15.9 Å². The van der Waals surface area contributed by atoms with Crippen LogP contribution in [0.1, 0.15) is 65.7 Å². The Bertz CT molecular complexity index is 180. The number of nitrogens with zero attached hydrogens (tertiary/aromatic N) is 1. The molecule has 0 atom stereocenters. The van der Waals surface area contributed by atoms with Crippen molar-refractivity contribution in [3.8, 4) is 0 Å². The molecule has 0 aromatic rings. The number of aliphatic hydroxyl groups is 1. The van der Waals surface area contributed by atoms with Gasteiger partial charge in [0, 0.05) is 11.9 Å². The van der Waals surface area contributed by atoms with Crippen LogP contribution in [0.25, 0.3) is 0 Å². The third-order valence-electron chi connectivity index (χ3n) is 3.17. The Balaban J connectivity index is 3.40. The van der Waals surface area contributed by atoms with Crippen LogP contribution in [0.5, 0.6) is 0 Å². The Morgan fingerprint density at radius 1 is 0.944 bits per heavy atom. The molecule has 0 rings (SSSR count). The van der Waals surface area contributed by atoms with E-state index < -0.39 is 5.60 Å². The Labute approximate surface area is 122 Å². The first-order valence-corrected chi connectivity index (χ1v) is 8.62. The third-order valence-corrected chi connectivity index (χ3v) is 3.73. The van der Waals surface area contributed by atoms with E-state index in [1.54, 1.807) is 0 Å². The van der Waals surface area contributed by atoms with E-state index in [1.807, 2.05) is 13.8 Å². The second kappa shape index (κ2) is 11.2. The molecule has 1 N–H and O–H groups in total. The van der Waals surface area contributed by atoms with Crippen LogP contribution in [0.3, 0.4) is 0 Å². The Morgan fingerprint density at radius 2 is 1.44 bits per heavy atom. The average Bonchev–Trinajstić information content (AvgIpc) is 2.29. The first-order valence-electron chi connectivity index (χ1n) is 7.50. The smallest absolute Gasteiger partial charge is 0.0718 e. The highest BCUT2D eigenvalue weighted by atomic mass is 79.9. The molecule has 0 aliphatic carbocycles. The predicted octanol–water partition coefficient (Wildman–Crippen LogP) is 4.20. The van der Waals surface area contributed by atoms with Gasteiger partial charge in [0.05, 0.1) is 5.60 Å². The van der Waals surface area contributed by atoms with Crippen LogP contribution in [-0.2, 0) is 0 Å². The van der Waals surface area contributed by atoms with Crippen molar-refractivity contribution in [1.82, 2.24) is 4.90 Å². The quantitative estimate of drug-likeness (QED) is 0.430. The van der Waals surface area contributed by atoms with Gasteiger partial charge in [0.2, 0.25) is 0 Å². The van der Waals surface area contributed by atoms with Gasteiger partial charge in [0.1, 0.15) is 0 Å². The minimum atomic E-state index is -0.564. The normalized spacial score (nSPS) is 12.3. The average molecular weight is 322 g/mol. The summed E-state index contributed by atoms with van der Waals surface area (Å²) < 4.78 is 0. The fourth-order valence-corrected chi connectivity index (χ4v) is 2.61. The second-order valence-electron chi connectivity index (χ2n) is 5.85. The number of alkyl halides is 1. The molecule has 110 valence electrons. The van der Waals surface area contributed by atoms with E-state index in [0.29, 0.717) is 0 Å². The van der Waals surface area contributed by atoms with Crippen molar-refractivity contribution < 1.29 is 5.11 Å². The Morgan fingerprint density at radius 3 is 1.89 bits per heavy atom. The molecule has 0 bridgehead atoms. The highest BCUT2D eigenvalue weighted by Gasteiger charge is 2.16. The predicted molar refractivity (Wildman–Crippen MR) is 84.5 cm³/mol. The maximum atomic E-state index is 9.80. The van der Waals surface area contributed by atoms with E-state index in [1.165, 1.54) is 44.9 Å². The van der Waals surface area contributed by atoms with Gasteiger partial charge in [-0.1, -0.05) is 55.0 Å². The molecule has 0 amide bonds. The number of unbranched alkanes of at least 4 members (excludes halogenated alkanes) is 6. The lowest BCUT2D eigenvalue weighted by Crippen LogP contribution is -2.39. The van der Waals surface area contributed by atoms with E-state index in [2.05, 4.69) is 27.8 Å². The van der Waals surface area contributed by atoms with Gasteiger partial charge < -0.3 is 10.0 Å². The van der Waals surface area contributed by atoms with Crippen LogP contribution in [0.4, 0.5) is 0 Å². The largest absolute Gasteiger partial charge is 0.389 e. The van der Waals surface area contributed by atoms with Crippen molar-refractivity contribution >= 4 is 15.9 Å². The second-order valence-corrected chi connectivity index (χ2v) is 6.64. The van der Waals surface area contributed by atoms with Crippen molar-refractivity contribution in [1.29, 1.82) is 0 Å². The van der Waals surface area contributed by atoms with Gasteiger partial charge >= 0.3 is 0 Å². The number of likely N-dealkylation sites (N-methyl/N-ethyl adjacent to an activating group) is 1. The number of hydrogen-bond acceptors (Lipinski definition) is 2. The monoisotopic (exact) mass is 321 g/mol. The van der Waals surface area contributed by atoms with Crippen LogP contribution in [0.2, 0.25) is 0 Å². The summed E-state index contributed by atoms with van der Waals surface area (Å²) in [4.78, 5) is 2.35. The summed E-state index contributed by atoms with van der Waals surface area (Å²) in [5.74, 6) is 0. The number of hydrogen-bond donors (Lipinski definition) is 1. The van der Waals surface area contributed by atoms with Gasteiger partial charge in [-0.2, -0.15) is 0 Å². The molecular weight excluding hydrogens is 290 g/mol. The minimum absolute atomic E-state index is 0.564. The van der Waals surface area contributed by atoms with Crippen molar-refractivity contribution in [3.63, 3.8) is 0 Å². The van der Waals surface area contributed by atoms with E-state index in [-0.39, 0.29) is 0 Å². The van der Waals surface area contributed by atoms with Gasteiger partial charge in [-0.15, -0.1) is 0 Å². The minimum Gasteiger partial charge on any atom is -0.389 e. The zero-order valence-corrected chi connectivity index (χ0v) is 14.1. The van der Waals surface area contributed by atoms with Crippen LogP contribution < -0.4 is 0 Å². The van der Waals surface area contributed by atoms with Crippen molar-refractivity contribution in [2.24, 2.45) is 0 Å². The third kappa shape index (κ3) is 12.8. The van der Waals surface area contributed by atoms with Crippen molar-refractivity contribution in [2.75, 3.05) is 25.0 Å². The maximum Gasteiger partial charge on any atom is 0.0718 e. The van der Waals surface area contributed by atoms with Gasteiger partial charge in [-0.05, 0) is 39.8 Å². The van der Waals surface area contributed by atoms with Gasteiger partial charge in [-0.25, -0.2) is 0 Å². The molecule has 0 fully saturated rings. The lowest BCUT2D eigenvalue weighted by molar-refractivity contribution is 0.0373. The first-order chi connectivity index (χ1) is 8.49. The molecule has 0 heterocycles. The van der Waals surface area contributed by atoms with Crippen molar-refractivity contribution in [2.45, 2.75) is 71.3 Å². The number of halogens is 1. The molecule has 0 saturated heterocycles. The van der Waals surface area contributed by atoms with Crippen LogP contribution in [-0.4, -0.2) is 40.6 Å². The van der Waals surface area contributed by atoms with E-state index in [4.69, 9.17) is 0 Å². The van der Waals surface area contributed by atoms with Crippen LogP contribution in [0, 0.1) is 0 Å². The number of rotatable bonds is 12. The van der Waals surface area contributed by atoms with E-state index in [0.717, 1.165) is 25.0 Å². The van der Waals surface area contributed by atoms with E-state index >= 15 is 0 Å². The van der Waals surface area contributed by atoms with Gasteiger partial charge in [-0.3, -0.25) is 0 Å². The fraction of sp³-hybridized carbons (Fsp3) is 1.00. The molecule has 0 saturated carbocycles. The summed E-state index contributed by atoms with van der Waals surface area (Å²) in [5.41, 5.74) is -0.564. The molecule has 0 aliphatic rings. The summed E-state index contributed by atoms with van der Waals surface area (Å²) in [6.07, 6.45) is 9.40. The molecule has 18 heavy (non-hydrogen) atoms. The SMILES string of the molecule is CCN(CCCCCCCCCBr)CC(C)(C)O. The Hall–Kier alpha value is 0.400. The summed E-state index contributed by atoms with van der Waals surface area (Å²) in [6, 6.07) is 0. The molecule has 0 aromatic heterocycles. The van der Waals surface area contributed by atoms with Crippen molar-refractivity contribution in [3.05, 3.63) is 0 Å². The first kappa shape index (κ1) is 18.4. The topological polar surface area (TPSA) is 23.5 Å². The summed E-state index contributed by atoms with van der Waals surface area (Å²) >= 11 is 3.47. The molecular formula is C15H32BrNO. The zero-order valence-electron chi connectivity index (χ0n) is 12.6. The maximum absolute atomic E-state index is 9.80. The van der Waals surface area contributed by atoms with E-state index in [9.17, 15) is 5.11 Å². The molecule has 2 nitrogen and oxygen atoms in total. The lowest BCUT2D eigenvalue weighted by Gasteiger charge is -2.27. The molecule has 0 radical (unpaired) electrons. The highest BCUT2D eigenvalue weighted by Crippen LogP contribution is 2.10. The Kier molecular flexibility index (Phi) is 11.5. The molecule has 3 heteroatoms. The van der Waals surface area contributed by atoms with Gasteiger partial charge in [0.15, 0.2) is 0 Å². The van der Waals surface area contributed by atoms with Crippen LogP contribution in [0.15, 0.2) is 0 Å². The lowest BCUT2D eigenvalue weighted by atomic mass is 10.1. The fourth-order valence-electron chi connectivity index (χ4n) is 2.21. The summed E-state index contributed by atoms with van der Waals surface area (Å²) in [6.45, 7) is 8.90.